The number of hydrogen-bond acceptors (Lipinski definition) is 1. The van der Waals surface area contributed by atoms with E-state index in [2.05, 4.69) is 83.8 Å². The van der Waals surface area contributed by atoms with Crippen molar-refractivity contribution in [1.82, 2.24) is 5.32 Å². The summed E-state index contributed by atoms with van der Waals surface area (Å²) in [5.74, 6) is 5.82. The largest absolute Gasteiger partial charge is 0.382 e. The molecule has 0 aromatic heterocycles. The van der Waals surface area contributed by atoms with Gasteiger partial charge in [-0.3, -0.25) is 0 Å². The smallest absolute Gasteiger partial charge is 0.0366 e. The maximum Gasteiger partial charge on any atom is 0.0366 e. The van der Waals surface area contributed by atoms with E-state index in [-0.39, 0.29) is 0 Å². The third kappa shape index (κ3) is 4.81. The quantitative estimate of drug-likeness (QED) is 0.399. The molecular formula is C32H51N. The molecule has 1 nitrogen and oxygen atoms in total. The predicted molar refractivity (Wildman–Crippen MR) is 144 cm³/mol. The minimum atomic E-state index is 0.501. The van der Waals surface area contributed by atoms with Gasteiger partial charge in [-0.15, -0.1) is 0 Å². The molecule has 184 valence electrons. The summed E-state index contributed by atoms with van der Waals surface area (Å²) in [5, 5.41) is 3.91. The van der Waals surface area contributed by atoms with E-state index in [4.69, 9.17) is 0 Å². The topological polar surface area (TPSA) is 12.0 Å². The van der Waals surface area contributed by atoms with Crippen LogP contribution in [0.3, 0.4) is 0 Å². The van der Waals surface area contributed by atoms with E-state index >= 15 is 0 Å². The normalized spacial score (nSPS) is 41.5. The van der Waals surface area contributed by atoms with Crippen LogP contribution in [-0.2, 0) is 0 Å². The highest BCUT2D eigenvalue weighted by Crippen LogP contribution is 2.65. The van der Waals surface area contributed by atoms with E-state index in [1.807, 2.05) is 0 Å². The molecule has 4 aliphatic carbocycles. The highest BCUT2D eigenvalue weighted by Gasteiger charge is 2.58. The molecule has 0 aliphatic heterocycles. The summed E-state index contributed by atoms with van der Waals surface area (Å²) >= 11 is 0. The Kier molecular flexibility index (Phi) is 7.38. The molecular weight excluding hydrogens is 398 g/mol. The fourth-order valence-corrected chi connectivity index (χ4v) is 9.25. The molecule has 0 radical (unpaired) electrons. The van der Waals surface area contributed by atoms with Crippen LogP contribution in [0.1, 0.15) is 99.3 Å². The van der Waals surface area contributed by atoms with Crippen molar-refractivity contribution in [3.05, 3.63) is 48.2 Å². The third-order valence-corrected chi connectivity index (χ3v) is 10.8. The molecule has 33 heavy (non-hydrogen) atoms. The van der Waals surface area contributed by atoms with Crippen LogP contribution in [0.25, 0.3) is 0 Å². The van der Waals surface area contributed by atoms with Gasteiger partial charge in [-0.2, -0.15) is 0 Å². The lowest BCUT2D eigenvalue weighted by molar-refractivity contribution is -0.0782. The second-order valence-electron chi connectivity index (χ2n) is 13.1. The van der Waals surface area contributed by atoms with Crippen molar-refractivity contribution in [3.8, 4) is 0 Å². The molecule has 0 amide bonds. The summed E-state index contributed by atoms with van der Waals surface area (Å²) < 4.78 is 0. The first kappa shape index (κ1) is 24.9. The zero-order valence-corrected chi connectivity index (χ0v) is 22.5. The summed E-state index contributed by atoms with van der Waals surface area (Å²) in [6.45, 7) is 18.7. The van der Waals surface area contributed by atoms with E-state index in [1.165, 1.54) is 63.5 Å². The summed E-state index contributed by atoms with van der Waals surface area (Å²) in [7, 11) is 0. The van der Waals surface area contributed by atoms with E-state index in [0.29, 0.717) is 16.9 Å². The number of nitrogens with one attached hydrogen (secondary N) is 1. The lowest BCUT2D eigenvalue weighted by Crippen LogP contribution is -2.51. The van der Waals surface area contributed by atoms with Gasteiger partial charge >= 0.3 is 0 Å². The second-order valence-corrected chi connectivity index (χ2v) is 13.1. The highest BCUT2D eigenvalue weighted by molar-refractivity contribution is 5.37. The first-order valence-corrected chi connectivity index (χ1v) is 14.1. The van der Waals surface area contributed by atoms with Crippen molar-refractivity contribution in [3.63, 3.8) is 0 Å². The van der Waals surface area contributed by atoms with Crippen LogP contribution in [-0.4, -0.2) is 6.04 Å². The molecule has 0 heterocycles. The number of fused-ring (bicyclic) bond motifs is 5. The average molecular weight is 450 g/mol. The van der Waals surface area contributed by atoms with Gasteiger partial charge in [-0.05, 0) is 130 Å². The molecule has 2 unspecified atom stereocenters. The Balaban J connectivity index is 1.44. The lowest BCUT2D eigenvalue weighted by Gasteiger charge is -2.57. The van der Waals surface area contributed by atoms with Gasteiger partial charge < -0.3 is 5.32 Å². The molecule has 4 saturated carbocycles. The monoisotopic (exact) mass is 449 g/mol. The molecule has 4 rings (SSSR count). The Morgan fingerprint density at radius 1 is 0.909 bits per heavy atom. The van der Waals surface area contributed by atoms with Crippen LogP contribution in [0.2, 0.25) is 0 Å². The van der Waals surface area contributed by atoms with E-state index in [1.54, 1.807) is 0 Å². The van der Waals surface area contributed by atoms with Crippen LogP contribution < -0.4 is 5.32 Å². The lowest BCUT2D eigenvalue weighted by atomic mass is 9.48. The molecule has 8 atom stereocenters. The predicted octanol–water partition coefficient (Wildman–Crippen LogP) is 8.85. The van der Waals surface area contributed by atoms with Gasteiger partial charge in [-0.1, -0.05) is 57.7 Å². The SMILES string of the molecule is C=C(/C=C\C=C/C)/C(=C\C)N[C@H](C)[C@H]1CC[C@H]2C3CCC4CC(C)(C)CC[C@@H]4[C@H]3CC[C@]12C. The maximum atomic E-state index is 4.33. The van der Waals surface area contributed by atoms with Crippen LogP contribution >= 0.6 is 0 Å². The molecule has 1 N–H and O–H groups in total. The highest BCUT2D eigenvalue weighted by atomic mass is 14.9. The van der Waals surface area contributed by atoms with Gasteiger partial charge in [0.1, 0.15) is 0 Å². The second kappa shape index (κ2) is 9.79. The summed E-state index contributed by atoms with van der Waals surface area (Å²) in [6, 6.07) is 0.501. The Labute approximate surface area is 205 Å². The van der Waals surface area contributed by atoms with Gasteiger partial charge in [0, 0.05) is 11.7 Å². The van der Waals surface area contributed by atoms with Crippen LogP contribution in [0.4, 0.5) is 0 Å². The van der Waals surface area contributed by atoms with E-state index in [0.717, 1.165) is 41.1 Å². The van der Waals surface area contributed by atoms with Crippen molar-refractivity contribution in [2.45, 2.75) is 105 Å². The van der Waals surface area contributed by atoms with E-state index in [9.17, 15) is 0 Å². The standard InChI is InChI=1S/C32H51N/c1-8-10-11-12-22(3)30(9-2)33-23(4)28-15-16-29-27-14-13-24-21-31(5,6)19-17-25(24)26(27)18-20-32(28,29)7/h8-12,23-29,33H,3,13-21H2,1-2,4-7H3/b10-8-,12-11-,30-9+/t23-,24?,25+,26-,27?,28-,29+,32-/m1/s1. The summed E-state index contributed by atoms with van der Waals surface area (Å²) in [6.07, 6.45) is 23.9. The van der Waals surface area contributed by atoms with Crippen LogP contribution in [0.15, 0.2) is 48.2 Å². The van der Waals surface area contributed by atoms with Gasteiger partial charge in [0.25, 0.3) is 0 Å². The van der Waals surface area contributed by atoms with Crippen molar-refractivity contribution in [1.29, 1.82) is 0 Å². The zero-order chi connectivity index (χ0) is 23.8. The Morgan fingerprint density at radius 2 is 1.67 bits per heavy atom. The Morgan fingerprint density at radius 3 is 2.39 bits per heavy atom. The zero-order valence-electron chi connectivity index (χ0n) is 22.5. The third-order valence-electron chi connectivity index (χ3n) is 10.8. The summed E-state index contributed by atoms with van der Waals surface area (Å²) in [5.41, 5.74) is 3.39. The van der Waals surface area contributed by atoms with Crippen molar-refractivity contribution >= 4 is 0 Å². The average Bonchev–Trinajstić information content (AvgIpc) is 3.13. The van der Waals surface area contributed by atoms with Gasteiger partial charge in [0.2, 0.25) is 0 Å². The molecule has 4 aliphatic rings. The molecule has 0 bridgehead atoms. The van der Waals surface area contributed by atoms with E-state index < -0.39 is 0 Å². The fraction of sp³-hybridized carbons (Fsp3) is 0.750. The number of rotatable bonds is 6. The van der Waals surface area contributed by atoms with Gasteiger partial charge in [0.15, 0.2) is 0 Å². The van der Waals surface area contributed by atoms with Gasteiger partial charge in [0.05, 0.1) is 0 Å². The molecule has 0 saturated heterocycles. The van der Waals surface area contributed by atoms with Crippen molar-refractivity contribution in [2.75, 3.05) is 0 Å². The van der Waals surface area contributed by atoms with Crippen LogP contribution in [0, 0.1) is 46.3 Å². The van der Waals surface area contributed by atoms with Gasteiger partial charge in [-0.25, -0.2) is 0 Å². The van der Waals surface area contributed by atoms with Crippen molar-refractivity contribution in [2.24, 2.45) is 46.3 Å². The Bertz CT molecular complexity index is 797. The number of hydrogen-bond donors (Lipinski definition) is 1. The molecule has 0 spiro atoms. The number of allylic oxidation sites excluding steroid dienone is 5. The minimum Gasteiger partial charge on any atom is -0.382 e. The van der Waals surface area contributed by atoms with Crippen molar-refractivity contribution < 1.29 is 0 Å². The first-order chi connectivity index (χ1) is 15.7. The molecule has 0 aromatic carbocycles. The first-order valence-electron chi connectivity index (χ1n) is 14.1. The molecule has 1 heteroatoms. The maximum absolute atomic E-state index is 4.33. The summed E-state index contributed by atoms with van der Waals surface area (Å²) in [4.78, 5) is 0. The molecule has 0 aromatic rings. The fourth-order valence-electron chi connectivity index (χ4n) is 9.25. The molecule has 4 fully saturated rings. The minimum absolute atomic E-state index is 0.501. The Hall–Kier alpha value is -1.24. The van der Waals surface area contributed by atoms with Crippen LogP contribution in [0.5, 0.6) is 0 Å².